The van der Waals surface area contributed by atoms with Crippen LogP contribution in [0.25, 0.3) is 0 Å². The van der Waals surface area contributed by atoms with Gasteiger partial charge >= 0.3 is 0 Å². The van der Waals surface area contributed by atoms with Gasteiger partial charge in [-0.25, -0.2) is 0 Å². The smallest absolute Gasteiger partial charge is 0.0986 e. The molecule has 0 saturated heterocycles. The highest BCUT2D eigenvalue weighted by molar-refractivity contribution is 7.14. The van der Waals surface area contributed by atoms with Gasteiger partial charge in [-0.15, -0.1) is 11.3 Å². The Hall–Kier alpha value is -0.940. The quantitative estimate of drug-likeness (QED) is 0.704. The minimum Gasteiger partial charge on any atom is -0.395 e. The summed E-state index contributed by atoms with van der Waals surface area (Å²) in [7, 11) is 0. The maximum Gasteiger partial charge on any atom is 0.0986 e. The third-order valence-electron chi connectivity index (χ3n) is 1.65. The molecule has 0 aromatic carbocycles. The van der Waals surface area contributed by atoms with Gasteiger partial charge in [0, 0.05) is 13.1 Å². The summed E-state index contributed by atoms with van der Waals surface area (Å²) < 4.78 is 0. The topological polar surface area (TPSA) is 52.9 Å². The van der Waals surface area contributed by atoms with Crippen molar-refractivity contribution < 1.29 is 5.11 Å². The van der Waals surface area contributed by atoms with Crippen molar-refractivity contribution in [2.45, 2.75) is 0 Å². The number of aliphatic hydroxyl groups excluding tert-OH is 1. The van der Waals surface area contributed by atoms with Crippen molar-refractivity contribution in [2.24, 2.45) is 5.18 Å². The third kappa shape index (κ3) is 3.12. The largest absolute Gasteiger partial charge is 0.395 e. The van der Waals surface area contributed by atoms with Crippen LogP contribution in [0, 0.1) is 4.91 Å². The van der Waals surface area contributed by atoms with E-state index in [1.807, 2.05) is 22.4 Å². The van der Waals surface area contributed by atoms with Crippen LogP contribution in [0.3, 0.4) is 0 Å². The molecule has 72 valence electrons. The van der Waals surface area contributed by atoms with Crippen molar-refractivity contribution >= 4 is 16.3 Å². The Morgan fingerprint density at radius 1 is 1.54 bits per heavy atom. The van der Waals surface area contributed by atoms with Crippen LogP contribution >= 0.6 is 11.3 Å². The van der Waals surface area contributed by atoms with Crippen LogP contribution in [0.5, 0.6) is 0 Å². The van der Waals surface area contributed by atoms with E-state index in [1.54, 1.807) is 11.3 Å². The summed E-state index contributed by atoms with van der Waals surface area (Å²) in [6.45, 7) is 1.48. The van der Waals surface area contributed by atoms with Gasteiger partial charge in [0.05, 0.1) is 18.2 Å². The molecule has 13 heavy (non-hydrogen) atoms. The number of rotatable bonds is 6. The number of hydrogen-bond donors (Lipinski definition) is 1. The third-order valence-corrected chi connectivity index (χ3v) is 2.58. The summed E-state index contributed by atoms with van der Waals surface area (Å²) in [5, 5.41) is 14.6. The summed E-state index contributed by atoms with van der Waals surface area (Å²) in [5.74, 6) is 0. The van der Waals surface area contributed by atoms with Crippen LogP contribution in [0.15, 0.2) is 22.7 Å². The molecule has 0 aliphatic rings. The molecule has 0 radical (unpaired) electrons. The van der Waals surface area contributed by atoms with E-state index in [0.29, 0.717) is 13.1 Å². The Labute approximate surface area is 80.8 Å². The zero-order valence-electron chi connectivity index (χ0n) is 7.22. The number of nitroso groups, excluding NO2 is 1. The molecule has 0 spiro atoms. The van der Waals surface area contributed by atoms with E-state index in [9.17, 15) is 4.91 Å². The van der Waals surface area contributed by atoms with E-state index < -0.39 is 0 Å². The highest BCUT2D eigenvalue weighted by atomic mass is 32.1. The number of thiophene rings is 1. The molecule has 0 atom stereocenters. The first kappa shape index (κ1) is 10.1. The lowest BCUT2D eigenvalue weighted by Crippen LogP contribution is -2.28. The van der Waals surface area contributed by atoms with E-state index in [2.05, 4.69) is 5.18 Å². The second-order valence-electron chi connectivity index (χ2n) is 2.51. The van der Waals surface area contributed by atoms with Crippen LogP contribution < -0.4 is 4.90 Å². The maximum atomic E-state index is 9.95. The maximum absolute atomic E-state index is 9.95. The average Bonchev–Trinajstić information content (AvgIpc) is 2.65. The molecule has 0 fully saturated rings. The van der Waals surface area contributed by atoms with Gasteiger partial charge in [-0.3, -0.25) is 0 Å². The molecule has 1 aromatic heterocycles. The fourth-order valence-corrected chi connectivity index (χ4v) is 1.85. The molecule has 0 aliphatic heterocycles. The normalized spacial score (nSPS) is 9.92. The van der Waals surface area contributed by atoms with Gasteiger partial charge in [0.15, 0.2) is 0 Å². The molecule has 0 amide bonds. The predicted molar refractivity (Wildman–Crippen MR) is 54.3 cm³/mol. The zero-order chi connectivity index (χ0) is 9.52. The summed E-state index contributed by atoms with van der Waals surface area (Å²) >= 11 is 1.59. The highest BCUT2D eigenvalue weighted by Crippen LogP contribution is 2.20. The first-order valence-electron chi connectivity index (χ1n) is 4.07. The van der Waals surface area contributed by atoms with E-state index in [4.69, 9.17) is 5.11 Å². The molecule has 0 unspecified atom stereocenters. The Morgan fingerprint density at radius 3 is 2.92 bits per heavy atom. The summed E-state index contributed by atoms with van der Waals surface area (Å²) in [6.07, 6.45) is 0. The number of aliphatic hydroxyl groups is 1. The van der Waals surface area contributed by atoms with E-state index in [1.165, 1.54) is 0 Å². The molecule has 4 nitrogen and oxygen atoms in total. The minimum atomic E-state index is 0.0940. The lowest BCUT2D eigenvalue weighted by Gasteiger charge is -2.19. The molecule has 5 heteroatoms. The molecular weight excluding hydrogens is 188 g/mol. The Morgan fingerprint density at radius 2 is 2.38 bits per heavy atom. The Balaban J connectivity index is 2.51. The number of hydrogen-bond acceptors (Lipinski definition) is 5. The monoisotopic (exact) mass is 200 g/mol. The molecule has 0 bridgehead atoms. The second kappa shape index (κ2) is 5.66. The van der Waals surface area contributed by atoms with Gasteiger partial charge < -0.3 is 10.0 Å². The minimum absolute atomic E-state index is 0.0940. The summed E-state index contributed by atoms with van der Waals surface area (Å²) in [6, 6.07) is 3.91. The van der Waals surface area contributed by atoms with Gasteiger partial charge in [0.2, 0.25) is 0 Å². The number of anilines is 1. The summed E-state index contributed by atoms with van der Waals surface area (Å²) in [4.78, 5) is 11.9. The van der Waals surface area contributed by atoms with Crippen molar-refractivity contribution in [1.29, 1.82) is 0 Å². The van der Waals surface area contributed by atoms with Crippen LogP contribution in [0.4, 0.5) is 5.00 Å². The van der Waals surface area contributed by atoms with E-state index >= 15 is 0 Å². The predicted octanol–water partition coefficient (Wildman–Crippen LogP) is 1.31. The molecule has 1 heterocycles. The number of nitrogens with zero attached hydrogens (tertiary/aromatic N) is 2. The van der Waals surface area contributed by atoms with Crippen molar-refractivity contribution in [3.05, 3.63) is 22.4 Å². The van der Waals surface area contributed by atoms with Crippen LogP contribution in [0.1, 0.15) is 0 Å². The van der Waals surface area contributed by atoms with Gasteiger partial charge in [-0.05, 0) is 17.5 Å². The second-order valence-corrected chi connectivity index (χ2v) is 3.44. The van der Waals surface area contributed by atoms with Crippen molar-refractivity contribution in [2.75, 3.05) is 31.1 Å². The molecule has 1 aromatic rings. The van der Waals surface area contributed by atoms with Crippen molar-refractivity contribution in [3.8, 4) is 0 Å². The Bertz CT molecular complexity index is 238. The van der Waals surface area contributed by atoms with Gasteiger partial charge in [-0.2, -0.15) is 4.91 Å². The van der Waals surface area contributed by atoms with E-state index in [-0.39, 0.29) is 13.2 Å². The molecule has 1 N–H and O–H groups in total. The van der Waals surface area contributed by atoms with Crippen molar-refractivity contribution in [3.63, 3.8) is 0 Å². The lowest BCUT2D eigenvalue weighted by molar-refractivity contribution is 0.302. The van der Waals surface area contributed by atoms with Gasteiger partial charge in [0.25, 0.3) is 0 Å². The molecule has 1 rings (SSSR count). The fourth-order valence-electron chi connectivity index (χ4n) is 1.06. The Kier molecular flexibility index (Phi) is 4.42. The summed E-state index contributed by atoms with van der Waals surface area (Å²) in [5.41, 5.74) is 0. The highest BCUT2D eigenvalue weighted by Gasteiger charge is 2.05. The first-order chi connectivity index (χ1) is 6.38. The standard InChI is InChI=1S/C8H12N2O2S/c11-6-5-10(4-3-9-12)8-2-1-7-13-8/h1-2,7,11H,3-6H2. The SMILES string of the molecule is O=NCCN(CCO)c1cccs1. The molecular formula is C8H12N2O2S. The van der Waals surface area contributed by atoms with Crippen LogP contribution in [-0.4, -0.2) is 31.3 Å². The first-order valence-corrected chi connectivity index (χ1v) is 4.95. The average molecular weight is 200 g/mol. The fraction of sp³-hybridized carbons (Fsp3) is 0.500. The zero-order valence-corrected chi connectivity index (χ0v) is 8.04. The van der Waals surface area contributed by atoms with Crippen LogP contribution in [-0.2, 0) is 0 Å². The molecule has 0 saturated carbocycles. The van der Waals surface area contributed by atoms with Gasteiger partial charge in [0.1, 0.15) is 0 Å². The lowest BCUT2D eigenvalue weighted by atomic mass is 10.4. The van der Waals surface area contributed by atoms with E-state index in [0.717, 1.165) is 5.00 Å². The van der Waals surface area contributed by atoms with Gasteiger partial charge in [-0.1, -0.05) is 5.18 Å². The van der Waals surface area contributed by atoms with Crippen molar-refractivity contribution in [1.82, 2.24) is 0 Å². The van der Waals surface area contributed by atoms with Crippen LogP contribution in [0.2, 0.25) is 0 Å². The molecule has 0 aliphatic carbocycles.